The van der Waals surface area contributed by atoms with Crippen molar-refractivity contribution in [1.82, 2.24) is 15.5 Å². The summed E-state index contributed by atoms with van der Waals surface area (Å²) in [4.78, 5) is 10.9. The smallest absolute Gasteiger partial charge is 0.235 e. The van der Waals surface area contributed by atoms with Gasteiger partial charge < -0.3 is 5.32 Å². The van der Waals surface area contributed by atoms with Crippen molar-refractivity contribution in [3.63, 3.8) is 0 Å². The number of carbonyl (C=O) groups is 1. The van der Waals surface area contributed by atoms with Gasteiger partial charge in [-0.1, -0.05) is 0 Å². The summed E-state index contributed by atoms with van der Waals surface area (Å²) >= 11 is 5.34. The molecule has 2 N–H and O–H groups in total. The van der Waals surface area contributed by atoms with Gasteiger partial charge in [0.15, 0.2) is 0 Å². The lowest BCUT2D eigenvalue weighted by Crippen LogP contribution is -2.24. The highest BCUT2D eigenvalue weighted by atomic mass is 35.5. The molecule has 0 aliphatic carbocycles. The van der Waals surface area contributed by atoms with Gasteiger partial charge in [0.25, 0.3) is 0 Å². The lowest BCUT2D eigenvalue weighted by molar-refractivity contribution is -0.118. The van der Waals surface area contributed by atoms with Crippen LogP contribution in [-0.4, -0.2) is 22.0 Å². The molecular formula is C8H12ClN3O. The molecule has 0 aliphatic heterocycles. The standard InChI is InChI=1S/C8H12ClN3O/c1-5-7(6(2)12-11-5)4-10-8(13)3-9/h3-4H2,1-2H3,(H,10,13)(H,11,12). The van der Waals surface area contributed by atoms with E-state index in [4.69, 9.17) is 11.6 Å². The van der Waals surface area contributed by atoms with E-state index in [1.165, 1.54) is 0 Å². The molecule has 0 saturated carbocycles. The van der Waals surface area contributed by atoms with Gasteiger partial charge in [-0.3, -0.25) is 9.89 Å². The van der Waals surface area contributed by atoms with Crippen molar-refractivity contribution >= 4 is 17.5 Å². The van der Waals surface area contributed by atoms with Gasteiger partial charge in [-0.25, -0.2) is 0 Å². The van der Waals surface area contributed by atoms with Crippen LogP contribution in [0.5, 0.6) is 0 Å². The van der Waals surface area contributed by atoms with Crippen molar-refractivity contribution in [2.24, 2.45) is 0 Å². The van der Waals surface area contributed by atoms with Gasteiger partial charge >= 0.3 is 0 Å². The Hall–Kier alpha value is -1.03. The van der Waals surface area contributed by atoms with Gasteiger partial charge in [0.05, 0.1) is 5.69 Å². The zero-order valence-electron chi connectivity index (χ0n) is 7.65. The van der Waals surface area contributed by atoms with Crippen LogP contribution in [0.1, 0.15) is 17.0 Å². The molecule has 1 amide bonds. The first kappa shape index (κ1) is 10.1. The minimum Gasteiger partial charge on any atom is -0.351 e. The summed E-state index contributed by atoms with van der Waals surface area (Å²) < 4.78 is 0. The summed E-state index contributed by atoms with van der Waals surface area (Å²) in [5.41, 5.74) is 2.92. The van der Waals surface area contributed by atoms with Crippen LogP contribution in [0, 0.1) is 13.8 Å². The number of nitrogens with zero attached hydrogens (tertiary/aromatic N) is 1. The molecule has 0 saturated heterocycles. The maximum atomic E-state index is 10.9. The predicted octanol–water partition coefficient (Wildman–Crippen LogP) is 0.882. The molecule has 0 spiro atoms. The number of hydrogen-bond acceptors (Lipinski definition) is 2. The summed E-state index contributed by atoms with van der Waals surface area (Å²) in [5.74, 6) is -0.169. The molecule has 0 radical (unpaired) electrons. The number of rotatable bonds is 3. The number of hydrogen-bond donors (Lipinski definition) is 2. The van der Waals surface area contributed by atoms with Crippen LogP contribution < -0.4 is 5.32 Å². The number of aromatic nitrogens is 2. The molecule has 0 bridgehead atoms. The second kappa shape index (κ2) is 4.28. The van der Waals surface area contributed by atoms with Crippen molar-refractivity contribution in [3.05, 3.63) is 17.0 Å². The van der Waals surface area contributed by atoms with Gasteiger partial charge in [-0.2, -0.15) is 5.10 Å². The summed E-state index contributed by atoms with van der Waals surface area (Å²) in [6.07, 6.45) is 0. The molecule has 0 atom stereocenters. The van der Waals surface area contributed by atoms with E-state index in [1.54, 1.807) is 0 Å². The Labute approximate surface area is 81.7 Å². The Kier molecular flexibility index (Phi) is 3.31. The Morgan fingerprint density at radius 2 is 2.31 bits per heavy atom. The van der Waals surface area contributed by atoms with Gasteiger partial charge in [0.1, 0.15) is 5.88 Å². The van der Waals surface area contributed by atoms with Gasteiger partial charge in [-0.15, -0.1) is 11.6 Å². The lowest BCUT2D eigenvalue weighted by atomic mass is 10.2. The fourth-order valence-electron chi connectivity index (χ4n) is 1.07. The van der Waals surface area contributed by atoms with E-state index in [-0.39, 0.29) is 11.8 Å². The second-order valence-electron chi connectivity index (χ2n) is 2.82. The molecule has 4 nitrogen and oxygen atoms in total. The van der Waals surface area contributed by atoms with Gasteiger partial charge in [-0.05, 0) is 13.8 Å². The third-order valence-electron chi connectivity index (χ3n) is 1.86. The fraction of sp³-hybridized carbons (Fsp3) is 0.500. The number of nitrogens with one attached hydrogen (secondary N) is 2. The first-order valence-electron chi connectivity index (χ1n) is 3.98. The van der Waals surface area contributed by atoms with Crippen LogP contribution in [-0.2, 0) is 11.3 Å². The molecular weight excluding hydrogens is 190 g/mol. The number of carbonyl (C=O) groups excluding carboxylic acids is 1. The number of H-pyrrole nitrogens is 1. The molecule has 1 heterocycles. The average Bonchev–Trinajstić information content (AvgIpc) is 2.43. The quantitative estimate of drug-likeness (QED) is 0.714. The monoisotopic (exact) mass is 201 g/mol. The van der Waals surface area contributed by atoms with Gasteiger partial charge in [0, 0.05) is 17.8 Å². The maximum absolute atomic E-state index is 10.9. The van der Waals surface area contributed by atoms with E-state index in [0.29, 0.717) is 6.54 Å². The van der Waals surface area contributed by atoms with Crippen LogP contribution in [0.3, 0.4) is 0 Å². The first-order chi connectivity index (χ1) is 6.15. The third kappa shape index (κ3) is 2.45. The molecule has 72 valence electrons. The first-order valence-corrected chi connectivity index (χ1v) is 4.51. The minimum absolute atomic E-state index is 0.00402. The zero-order chi connectivity index (χ0) is 9.84. The SMILES string of the molecule is Cc1n[nH]c(C)c1CNC(=O)CCl. The summed E-state index contributed by atoms with van der Waals surface area (Å²) in [7, 11) is 0. The van der Waals surface area contributed by atoms with Crippen LogP contribution in [0.15, 0.2) is 0 Å². The number of amides is 1. The van der Waals surface area contributed by atoms with E-state index in [2.05, 4.69) is 15.5 Å². The highest BCUT2D eigenvalue weighted by Crippen LogP contribution is 2.07. The summed E-state index contributed by atoms with van der Waals surface area (Å²) in [6, 6.07) is 0. The van der Waals surface area contributed by atoms with Crippen molar-refractivity contribution in [2.75, 3.05) is 5.88 Å². The van der Waals surface area contributed by atoms with Crippen molar-refractivity contribution in [3.8, 4) is 0 Å². The normalized spacial score (nSPS) is 10.1. The highest BCUT2D eigenvalue weighted by Gasteiger charge is 2.06. The van der Waals surface area contributed by atoms with Crippen LogP contribution in [0.25, 0.3) is 0 Å². The average molecular weight is 202 g/mol. The Morgan fingerprint density at radius 3 is 2.77 bits per heavy atom. The van der Waals surface area contributed by atoms with Crippen LogP contribution in [0.2, 0.25) is 0 Å². The molecule has 1 rings (SSSR count). The van der Waals surface area contributed by atoms with Gasteiger partial charge in [0.2, 0.25) is 5.91 Å². The predicted molar refractivity (Wildman–Crippen MR) is 50.6 cm³/mol. The number of halogens is 1. The van der Waals surface area contributed by atoms with Crippen molar-refractivity contribution < 1.29 is 4.79 Å². The molecule has 0 aliphatic rings. The van der Waals surface area contributed by atoms with Crippen molar-refractivity contribution in [1.29, 1.82) is 0 Å². The van der Waals surface area contributed by atoms with Crippen LogP contribution in [0.4, 0.5) is 0 Å². The van der Waals surface area contributed by atoms with Crippen LogP contribution >= 0.6 is 11.6 Å². The second-order valence-corrected chi connectivity index (χ2v) is 3.09. The Balaban J connectivity index is 2.58. The zero-order valence-corrected chi connectivity index (χ0v) is 8.40. The van der Waals surface area contributed by atoms with Crippen molar-refractivity contribution in [2.45, 2.75) is 20.4 Å². The maximum Gasteiger partial charge on any atom is 0.235 e. The minimum atomic E-state index is -0.165. The molecule has 5 heteroatoms. The summed E-state index contributed by atoms with van der Waals surface area (Å²) in [5, 5.41) is 9.54. The third-order valence-corrected chi connectivity index (χ3v) is 2.11. The van der Waals surface area contributed by atoms with E-state index in [0.717, 1.165) is 17.0 Å². The molecule has 1 aromatic heterocycles. The van der Waals surface area contributed by atoms with E-state index in [9.17, 15) is 4.79 Å². The Bertz CT molecular complexity index is 289. The number of aromatic amines is 1. The number of alkyl halides is 1. The molecule has 13 heavy (non-hydrogen) atoms. The molecule has 0 fully saturated rings. The van der Waals surface area contributed by atoms with E-state index in [1.807, 2.05) is 13.8 Å². The fourth-order valence-corrected chi connectivity index (χ4v) is 1.16. The molecule has 0 unspecified atom stereocenters. The topological polar surface area (TPSA) is 57.8 Å². The lowest BCUT2D eigenvalue weighted by Gasteiger charge is -2.02. The molecule has 0 aromatic carbocycles. The molecule has 1 aromatic rings. The van der Waals surface area contributed by atoms with E-state index < -0.39 is 0 Å². The highest BCUT2D eigenvalue weighted by molar-refractivity contribution is 6.27. The largest absolute Gasteiger partial charge is 0.351 e. The Morgan fingerprint density at radius 1 is 1.62 bits per heavy atom. The van der Waals surface area contributed by atoms with E-state index >= 15 is 0 Å². The summed E-state index contributed by atoms with van der Waals surface area (Å²) in [6.45, 7) is 4.30. The number of aryl methyl sites for hydroxylation is 2.